The van der Waals surface area contributed by atoms with Crippen LogP contribution in [0.15, 0.2) is 48.6 Å². The molecule has 0 heterocycles. The van der Waals surface area contributed by atoms with Crippen LogP contribution in [0.1, 0.15) is 348 Å². The second-order valence-corrected chi connectivity index (χ2v) is 22.0. The van der Waals surface area contributed by atoms with Crippen LogP contribution in [0.25, 0.3) is 0 Å². The van der Waals surface area contributed by atoms with Gasteiger partial charge in [0.25, 0.3) is 0 Å². The van der Waals surface area contributed by atoms with Crippen molar-refractivity contribution in [3.05, 3.63) is 48.6 Å². The minimum absolute atomic E-state index is 0.0711. The average Bonchev–Trinajstić information content (AvgIpc) is 3.40. The Balaban J connectivity index is 4.03. The SMILES string of the molecule is CCCCCCC/C=C\C/C=C\C/C=C\CCCCCCCCCCCCCCCCC(=O)OCC(COC(=O)CCCCCCCC)OC(=O)CCCCCCCCCCC/C=C\CCCCCCCCCC. The van der Waals surface area contributed by atoms with Gasteiger partial charge in [0, 0.05) is 19.3 Å². The van der Waals surface area contributed by atoms with Gasteiger partial charge in [0.2, 0.25) is 0 Å². The Hall–Kier alpha value is -2.63. The monoisotopic (exact) mass is 1040 g/mol. The molecule has 0 aromatic carbocycles. The molecular weight excluding hydrogens is 913 g/mol. The highest BCUT2D eigenvalue weighted by atomic mass is 16.6. The molecule has 0 rings (SSSR count). The molecule has 0 aliphatic heterocycles. The molecule has 0 aromatic heterocycles. The molecule has 1 unspecified atom stereocenters. The average molecular weight is 1040 g/mol. The van der Waals surface area contributed by atoms with Crippen LogP contribution in [0.2, 0.25) is 0 Å². The van der Waals surface area contributed by atoms with Gasteiger partial charge in [-0.25, -0.2) is 0 Å². The van der Waals surface area contributed by atoms with E-state index in [0.29, 0.717) is 19.3 Å². The number of unbranched alkanes of at least 4 members (excludes halogenated alkanes) is 41. The lowest BCUT2D eigenvalue weighted by Crippen LogP contribution is -2.30. The lowest BCUT2D eigenvalue weighted by molar-refractivity contribution is -0.167. The Morgan fingerprint density at radius 1 is 0.270 bits per heavy atom. The molecule has 0 bridgehead atoms. The largest absolute Gasteiger partial charge is 0.462 e. The fourth-order valence-electron chi connectivity index (χ4n) is 9.62. The Morgan fingerprint density at radius 2 is 0.486 bits per heavy atom. The maximum atomic E-state index is 12.8. The maximum absolute atomic E-state index is 12.8. The minimum atomic E-state index is -0.770. The van der Waals surface area contributed by atoms with Gasteiger partial charge < -0.3 is 14.2 Å². The normalized spacial score (nSPS) is 12.3. The van der Waals surface area contributed by atoms with Crippen LogP contribution in [0.3, 0.4) is 0 Å². The first-order valence-electron chi connectivity index (χ1n) is 32.6. The summed E-state index contributed by atoms with van der Waals surface area (Å²) < 4.78 is 16.8. The van der Waals surface area contributed by atoms with Crippen LogP contribution >= 0.6 is 0 Å². The molecular formula is C68H124O6. The van der Waals surface area contributed by atoms with Crippen molar-refractivity contribution in [3.8, 4) is 0 Å². The quantitative estimate of drug-likeness (QED) is 0.0261. The second kappa shape index (κ2) is 62.9. The van der Waals surface area contributed by atoms with Crippen LogP contribution < -0.4 is 0 Å². The Labute approximate surface area is 460 Å². The molecule has 6 heteroatoms. The fraction of sp³-hybridized carbons (Fsp3) is 0.838. The van der Waals surface area contributed by atoms with E-state index in [9.17, 15) is 14.4 Å². The standard InChI is InChI=1S/C68H124O6/c1-4-7-10-13-16-18-20-22-24-26-28-30-31-32-33-34-35-36-37-39-40-42-44-46-48-50-52-55-58-61-67(70)73-64-65(63-72-66(69)60-57-54-15-12-9-6-3)74-68(71)62-59-56-53-51-49-47-45-43-41-38-29-27-25-23-21-19-17-14-11-8-5-2/h20,22,26-29,31-32,65H,4-19,21,23-25,30,33-64H2,1-3H3/b22-20-,28-26-,29-27-,32-31-. The van der Waals surface area contributed by atoms with E-state index in [-0.39, 0.29) is 31.1 Å². The molecule has 6 nitrogen and oxygen atoms in total. The van der Waals surface area contributed by atoms with Gasteiger partial charge in [0.05, 0.1) is 0 Å². The number of rotatable bonds is 60. The van der Waals surface area contributed by atoms with Crippen molar-refractivity contribution < 1.29 is 28.6 Å². The third-order valence-electron chi connectivity index (χ3n) is 14.6. The summed E-state index contributed by atoms with van der Waals surface area (Å²) in [6, 6.07) is 0. The summed E-state index contributed by atoms with van der Waals surface area (Å²) in [6.07, 6.45) is 78.8. The van der Waals surface area contributed by atoms with E-state index in [4.69, 9.17) is 14.2 Å². The fourth-order valence-corrected chi connectivity index (χ4v) is 9.62. The zero-order valence-corrected chi connectivity index (χ0v) is 49.6. The summed E-state index contributed by atoms with van der Waals surface area (Å²) in [5.74, 6) is -0.866. The molecule has 0 spiro atoms. The first kappa shape index (κ1) is 71.4. The lowest BCUT2D eigenvalue weighted by atomic mass is 10.0. The number of ether oxygens (including phenoxy) is 3. The third kappa shape index (κ3) is 60.2. The van der Waals surface area contributed by atoms with E-state index in [1.807, 2.05) is 0 Å². The van der Waals surface area contributed by atoms with Crippen LogP contribution in [-0.2, 0) is 28.6 Å². The number of carbonyl (C=O) groups is 3. The van der Waals surface area contributed by atoms with E-state index in [2.05, 4.69) is 69.4 Å². The van der Waals surface area contributed by atoms with Gasteiger partial charge in [-0.3, -0.25) is 14.4 Å². The molecule has 0 aliphatic rings. The topological polar surface area (TPSA) is 78.9 Å². The van der Waals surface area contributed by atoms with Crippen molar-refractivity contribution >= 4 is 17.9 Å². The summed E-state index contributed by atoms with van der Waals surface area (Å²) in [7, 11) is 0. The van der Waals surface area contributed by atoms with Crippen molar-refractivity contribution in [3.63, 3.8) is 0 Å². The van der Waals surface area contributed by atoms with Crippen molar-refractivity contribution in [2.75, 3.05) is 13.2 Å². The smallest absolute Gasteiger partial charge is 0.306 e. The summed E-state index contributed by atoms with van der Waals surface area (Å²) in [5.41, 5.74) is 0. The zero-order chi connectivity index (χ0) is 53.6. The van der Waals surface area contributed by atoms with E-state index in [1.165, 1.54) is 238 Å². The number of hydrogen-bond donors (Lipinski definition) is 0. The first-order chi connectivity index (χ1) is 36.5. The van der Waals surface area contributed by atoms with Gasteiger partial charge in [-0.2, -0.15) is 0 Å². The van der Waals surface area contributed by atoms with Crippen molar-refractivity contribution in [1.82, 2.24) is 0 Å². The predicted molar refractivity (Wildman–Crippen MR) is 321 cm³/mol. The molecule has 74 heavy (non-hydrogen) atoms. The van der Waals surface area contributed by atoms with Gasteiger partial charge in [-0.05, 0) is 83.5 Å². The highest BCUT2D eigenvalue weighted by Crippen LogP contribution is 2.17. The molecule has 0 aromatic rings. The summed E-state index contributed by atoms with van der Waals surface area (Å²) in [5, 5.41) is 0. The van der Waals surface area contributed by atoms with E-state index in [0.717, 1.165) is 70.6 Å². The maximum Gasteiger partial charge on any atom is 0.306 e. The van der Waals surface area contributed by atoms with Crippen molar-refractivity contribution in [2.24, 2.45) is 0 Å². The van der Waals surface area contributed by atoms with Gasteiger partial charge in [-0.1, -0.05) is 294 Å². The summed E-state index contributed by atoms with van der Waals surface area (Å²) in [6.45, 7) is 6.61. The van der Waals surface area contributed by atoms with E-state index >= 15 is 0 Å². The molecule has 0 fully saturated rings. The van der Waals surface area contributed by atoms with Crippen LogP contribution in [-0.4, -0.2) is 37.2 Å². The van der Waals surface area contributed by atoms with Crippen LogP contribution in [0.4, 0.5) is 0 Å². The van der Waals surface area contributed by atoms with Crippen LogP contribution in [0.5, 0.6) is 0 Å². The third-order valence-corrected chi connectivity index (χ3v) is 14.6. The summed E-state index contributed by atoms with van der Waals surface area (Å²) in [4.78, 5) is 38.0. The van der Waals surface area contributed by atoms with Crippen molar-refractivity contribution in [2.45, 2.75) is 354 Å². The molecule has 0 radical (unpaired) electrons. The van der Waals surface area contributed by atoms with E-state index in [1.54, 1.807) is 0 Å². The number of allylic oxidation sites excluding steroid dienone is 8. The molecule has 0 N–H and O–H groups in total. The molecule has 0 aliphatic carbocycles. The number of hydrogen-bond acceptors (Lipinski definition) is 6. The first-order valence-corrected chi connectivity index (χ1v) is 32.6. The highest BCUT2D eigenvalue weighted by Gasteiger charge is 2.19. The number of esters is 3. The van der Waals surface area contributed by atoms with Gasteiger partial charge in [0.1, 0.15) is 13.2 Å². The highest BCUT2D eigenvalue weighted by molar-refractivity contribution is 5.71. The molecule has 0 saturated carbocycles. The predicted octanol–water partition coefficient (Wildman–Crippen LogP) is 22.2. The molecule has 0 saturated heterocycles. The van der Waals surface area contributed by atoms with Crippen molar-refractivity contribution in [1.29, 1.82) is 0 Å². The Morgan fingerprint density at radius 3 is 0.770 bits per heavy atom. The molecule has 432 valence electrons. The minimum Gasteiger partial charge on any atom is -0.462 e. The van der Waals surface area contributed by atoms with Gasteiger partial charge in [0.15, 0.2) is 6.10 Å². The second-order valence-electron chi connectivity index (χ2n) is 22.0. The Bertz CT molecular complexity index is 1280. The zero-order valence-electron chi connectivity index (χ0n) is 49.6. The van der Waals surface area contributed by atoms with Crippen LogP contribution in [0, 0.1) is 0 Å². The van der Waals surface area contributed by atoms with Gasteiger partial charge >= 0.3 is 17.9 Å². The number of carbonyl (C=O) groups excluding carboxylic acids is 3. The van der Waals surface area contributed by atoms with E-state index < -0.39 is 6.10 Å². The molecule has 0 amide bonds. The summed E-state index contributed by atoms with van der Waals surface area (Å²) >= 11 is 0. The van der Waals surface area contributed by atoms with Gasteiger partial charge in [-0.15, -0.1) is 0 Å². The Kier molecular flexibility index (Phi) is 60.7. The lowest BCUT2D eigenvalue weighted by Gasteiger charge is -2.18. The molecule has 1 atom stereocenters.